The molecule has 0 saturated heterocycles. The number of hydrogen-bond donors (Lipinski definition) is 2. The predicted molar refractivity (Wildman–Crippen MR) is 66.1 cm³/mol. The van der Waals surface area contributed by atoms with E-state index in [9.17, 15) is 0 Å². The molecule has 2 aromatic rings. The molecular weight excluding hydrogens is 232 g/mol. The number of nitrogens with zero attached hydrogens (tertiary/aromatic N) is 2. The Morgan fingerprint density at radius 3 is 2.94 bits per heavy atom. The van der Waals surface area contributed by atoms with Crippen molar-refractivity contribution in [2.75, 3.05) is 14.2 Å². The number of nitrogens with one attached hydrogen (secondary N) is 1. The normalized spacial score (nSPS) is 12.4. The summed E-state index contributed by atoms with van der Waals surface area (Å²) >= 11 is 0. The first-order chi connectivity index (χ1) is 8.74. The van der Waals surface area contributed by atoms with Crippen LogP contribution in [0.2, 0.25) is 0 Å². The van der Waals surface area contributed by atoms with E-state index in [0.29, 0.717) is 18.3 Å². The summed E-state index contributed by atoms with van der Waals surface area (Å²) in [6.45, 7) is 0.387. The van der Waals surface area contributed by atoms with Crippen LogP contribution in [0.15, 0.2) is 24.3 Å². The predicted octanol–water partition coefficient (Wildman–Crippen LogP) is 1.01. The summed E-state index contributed by atoms with van der Waals surface area (Å²) in [5, 5.41) is 6.87. The van der Waals surface area contributed by atoms with Gasteiger partial charge in [0.15, 0.2) is 11.6 Å². The van der Waals surface area contributed by atoms with Crippen LogP contribution in [0.25, 0.3) is 0 Å². The highest BCUT2D eigenvalue weighted by Gasteiger charge is 2.14. The number of ether oxygens (including phenoxy) is 2. The summed E-state index contributed by atoms with van der Waals surface area (Å²) in [5.41, 5.74) is 7.01. The fourth-order valence-electron chi connectivity index (χ4n) is 1.63. The molecule has 1 atom stereocenters. The number of hydrogen-bond acceptors (Lipinski definition) is 5. The quantitative estimate of drug-likeness (QED) is 0.824. The molecule has 0 bridgehead atoms. The van der Waals surface area contributed by atoms with Gasteiger partial charge < -0.3 is 15.2 Å². The lowest BCUT2D eigenvalue weighted by atomic mass is 10.1. The van der Waals surface area contributed by atoms with Gasteiger partial charge in [-0.05, 0) is 17.7 Å². The zero-order chi connectivity index (χ0) is 13.0. The molecule has 0 spiro atoms. The number of aromatic amines is 1. The van der Waals surface area contributed by atoms with Gasteiger partial charge in [0.25, 0.3) is 0 Å². The second kappa shape index (κ2) is 5.61. The molecule has 96 valence electrons. The topological polar surface area (TPSA) is 86.1 Å². The van der Waals surface area contributed by atoms with Crippen LogP contribution in [0.4, 0.5) is 0 Å². The van der Waals surface area contributed by atoms with E-state index >= 15 is 0 Å². The Bertz CT molecular complexity index is 512. The molecule has 0 aliphatic rings. The number of H-pyrrole nitrogens is 1. The number of methoxy groups -OCH3 is 2. The Kier molecular flexibility index (Phi) is 3.91. The van der Waals surface area contributed by atoms with E-state index in [2.05, 4.69) is 15.2 Å². The molecule has 0 radical (unpaired) electrons. The fourth-order valence-corrected chi connectivity index (χ4v) is 1.63. The van der Waals surface area contributed by atoms with Crippen molar-refractivity contribution in [2.24, 2.45) is 5.73 Å². The largest absolute Gasteiger partial charge is 0.497 e. The molecule has 6 heteroatoms. The third kappa shape index (κ3) is 2.66. The van der Waals surface area contributed by atoms with Crippen LogP contribution in [-0.4, -0.2) is 29.4 Å². The molecule has 18 heavy (non-hydrogen) atoms. The van der Waals surface area contributed by atoms with E-state index in [0.717, 1.165) is 11.3 Å². The number of rotatable bonds is 5. The fraction of sp³-hybridized carbons (Fsp3) is 0.333. The molecule has 0 aliphatic heterocycles. The van der Waals surface area contributed by atoms with Crippen LogP contribution in [0.5, 0.6) is 5.75 Å². The molecule has 0 aliphatic carbocycles. The van der Waals surface area contributed by atoms with Crippen molar-refractivity contribution in [1.82, 2.24) is 15.2 Å². The highest BCUT2D eigenvalue weighted by Crippen LogP contribution is 2.20. The summed E-state index contributed by atoms with van der Waals surface area (Å²) in [6.07, 6.45) is 0. The van der Waals surface area contributed by atoms with Crippen molar-refractivity contribution in [3.05, 3.63) is 41.5 Å². The number of nitrogens with two attached hydrogens (primary N) is 1. The van der Waals surface area contributed by atoms with Crippen molar-refractivity contribution in [1.29, 1.82) is 0 Å². The molecule has 2 rings (SSSR count). The molecule has 1 aromatic heterocycles. The van der Waals surface area contributed by atoms with Crippen LogP contribution in [0.3, 0.4) is 0 Å². The molecule has 3 N–H and O–H groups in total. The molecule has 0 unspecified atom stereocenters. The number of benzene rings is 1. The summed E-state index contributed by atoms with van der Waals surface area (Å²) in [7, 11) is 3.22. The Labute approximate surface area is 105 Å². The zero-order valence-electron chi connectivity index (χ0n) is 10.4. The maximum absolute atomic E-state index is 6.11. The smallest absolute Gasteiger partial charge is 0.171 e. The standard InChI is InChI=1S/C12H16N4O2/c1-17-7-10-14-12(16-15-10)11(13)8-4-3-5-9(6-8)18-2/h3-6,11H,7,13H2,1-2H3,(H,14,15,16)/t11-/m1/s1. The van der Waals surface area contributed by atoms with Crippen molar-refractivity contribution in [3.63, 3.8) is 0 Å². The van der Waals surface area contributed by atoms with Crippen LogP contribution in [0, 0.1) is 0 Å². The Morgan fingerprint density at radius 1 is 1.39 bits per heavy atom. The van der Waals surface area contributed by atoms with Gasteiger partial charge in [-0.1, -0.05) is 12.1 Å². The van der Waals surface area contributed by atoms with Gasteiger partial charge in [0.1, 0.15) is 12.4 Å². The SMILES string of the molecule is COCc1nc([C@H](N)c2cccc(OC)c2)n[nH]1. The van der Waals surface area contributed by atoms with Gasteiger partial charge in [-0.3, -0.25) is 5.10 Å². The van der Waals surface area contributed by atoms with Gasteiger partial charge >= 0.3 is 0 Å². The van der Waals surface area contributed by atoms with E-state index in [1.54, 1.807) is 14.2 Å². The first-order valence-corrected chi connectivity index (χ1v) is 5.54. The second-order valence-electron chi connectivity index (χ2n) is 3.83. The van der Waals surface area contributed by atoms with E-state index in [-0.39, 0.29) is 6.04 Å². The van der Waals surface area contributed by atoms with Crippen molar-refractivity contribution >= 4 is 0 Å². The lowest BCUT2D eigenvalue weighted by Gasteiger charge is -2.09. The molecule has 0 fully saturated rings. The molecule has 1 aromatic carbocycles. The van der Waals surface area contributed by atoms with E-state index in [1.165, 1.54) is 0 Å². The molecule has 6 nitrogen and oxygen atoms in total. The van der Waals surface area contributed by atoms with Crippen molar-refractivity contribution in [2.45, 2.75) is 12.6 Å². The Balaban J connectivity index is 2.20. The molecular formula is C12H16N4O2. The maximum atomic E-state index is 6.11. The Hall–Kier alpha value is -1.92. The summed E-state index contributed by atoms with van der Waals surface area (Å²) in [4.78, 5) is 4.27. The lowest BCUT2D eigenvalue weighted by molar-refractivity contribution is 0.178. The van der Waals surface area contributed by atoms with Gasteiger partial charge in [-0.25, -0.2) is 4.98 Å². The Morgan fingerprint density at radius 2 is 2.22 bits per heavy atom. The summed E-state index contributed by atoms with van der Waals surface area (Å²) in [5.74, 6) is 1.96. The lowest BCUT2D eigenvalue weighted by Crippen LogP contribution is -2.13. The minimum absolute atomic E-state index is 0.387. The van der Waals surface area contributed by atoms with Crippen LogP contribution in [0.1, 0.15) is 23.3 Å². The minimum Gasteiger partial charge on any atom is -0.497 e. The van der Waals surface area contributed by atoms with E-state index in [4.69, 9.17) is 15.2 Å². The van der Waals surface area contributed by atoms with Gasteiger partial charge in [-0.2, -0.15) is 5.10 Å². The average molecular weight is 248 g/mol. The first kappa shape index (κ1) is 12.5. The number of aromatic nitrogens is 3. The average Bonchev–Trinajstić information content (AvgIpc) is 2.87. The van der Waals surface area contributed by atoms with Crippen LogP contribution in [-0.2, 0) is 11.3 Å². The minimum atomic E-state index is -0.387. The third-order valence-electron chi connectivity index (χ3n) is 2.56. The summed E-state index contributed by atoms with van der Waals surface area (Å²) < 4.78 is 10.1. The third-order valence-corrected chi connectivity index (χ3v) is 2.56. The van der Waals surface area contributed by atoms with Gasteiger partial charge in [-0.15, -0.1) is 0 Å². The monoisotopic (exact) mass is 248 g/mol. The van der Waals surface area contributed by atoms with Gasteiger partial charge in [0.05, 0.1) is 13.2 Å². The van der Waals surface area contributed by atoms with Crippen LogP contribution < -0.4 is 10.5 Å². The first-order valence-electron chi connectivity index (χ1n) is 5.54. The highest BCUT2D eigenvalue weighted by molar-refractivity contribution is 5.32. The van der Waals surface area contributed by atoms with Crippen molar-refractivity contribution in [3.8, 4) is 5.75 Å². The summed E-state index contributed by atoms with van der Waals surface area (Å²) in [6, 6.07) is 7.15. The second-order valence-corrected chi connectivity index (χ2v) is 3.83. The highest BCUT2D eigenvalue weighted by atomic mass is 16.5. The maximum Gasteiger partial charge on any atom is 0.171 e. The molecule has 1 heterocycles. The molecule has 0 amide bonds. The van der Waals surface area contributed by atoms with Gasteiger partial charge in [0.2, 0.25) is 0 Å². The molecule has 0 saturated carbocycles. The van der Waals surface area contributed by atoms with Gasteiger partial charge in [0, 0.05) is 7.11 Å². The van der Waals surface area contributed by atoms with Crippen molar-refractivity contribution < 1.29 is 9.47 Å². The van der Waals surface area contributed by atoms with Crippen LogP contribution >= 0.6 is 0 Å². The zero-order valence-corrected chi connectivity index (χ0v) is 10.4. The van der Waals surface area contributed by atoms with E-state index in [1.807, 2.05) is 24.3 Å². The van der Waals surface area contributed by atoms with E-state index < -0.39 is 0 Å².